The highest BCUT2D eigenvalue weighted by Gasteiger charge is 1.96. The topological polar surface area (TPSA) is 22.1 Å². The summed E-state index contributed by atoms with van der Waals surface area (Å²) in [6, 6.07) is 13.3. The minimum absolute atomic E-state index is 0.460. The van der Waals surface area contributed by atoms with Gasteiger partial charge in [0, 0.05) is 6.20 Å². The largest absolute Gasteiger partial charge is 0.487 e. The summed E-state index contributed by atoms with van der Waals surface area (Å²) in [5.41, 5.74) is 0.864. The molecule has 0 fully saturated rings. The third-order valence-corrected chi connectivity index (χ3v) is 2.14. The van der Waals surface area contributed by atoms with Gasteiger partial charge in [-0.15, -0.1) is 0 Å². The maximum atomic E-state index is 5.73. The van der Waals surface area contributed by atoms with Gasteiger partial charge in [-0.2, -0.15) is 0 Å². The van der Waals surface area contributed by atoms with E-state index in [0.29, 0.717) is 11.6 Å². The maximum absolute atomic E-state index is 5.73. The molecule has 0 atom stereocenters. The van der Waals surface area contributed by atoms with Crippen LogP contribution < -0.4 is 4.74 Å². The number of para-hydroxylation sites is 1. The van der Waals surface area contributed by atoms with E-state index in [2.05, 4.69) is 4.98 Å². The molecular formula is C12H10ClNO. The number of halogens is 1. The zero-order valence-corrected chi connectivity index (χ0v) is 8.82. The van der Waals surface area contributed by atoms with Crippen molar-refractivity contribution in [2.75, 3.05) is 0 Å². The van der Waals surface area contributed by atoms with Crippen LogP contribution in [0.2, 0.25) is 5.02 Å². The highest BCUT2D eigenvalue weighted by atomic mass is 35.5. The molecule has 0 aliphatic heterocycles. The molecule has 76 valence electrons. The zero-order chi connectivity index (χ0) is 10.5. The standard InChI is InChI=1S/C12H10ClNO/c13-10-6-7-11(14-8-10)9-15-12-4-2-1-3-5-12/h1-8H,9H2. The predicted octanol–water partition coefficient (Wildman–Crippen LogP) is 3.31. The van der Waals surface area contributed by atoms with Crippen molar-refractivity contribution in [3.8, 4) is 5.75 Å². The van der Waals surface area contributed by atoms with Crippen molar-refractivity contribution in [2.24, 2.45) is 0 Å². The van der Waals surface area contributed by atoms with E-state index in [1.165, 1.54) is 0 Å². The lowest BCUT2D eigenvalue weighted by atomic mass is 10.3. The van der Waals surface area contributed by atoms with E-state index in [1.807, 2.05) is 36.4 Å². The van der Waals surface area contributed by atoms with Crippen molar-refractivity contribution in [3.63, 3.8) is 0 Å². The van der Waals surface area contributed by atoms with E-state index in [9.17, 15) is 0 Å². The van der Waals surface area contributed by atoms with Gasteiger partial charge in [0.25, 0.3) is 0 Å². The first-order valence-corrected chi connectivity index (χ1v) is 5.01. The normalized spacial score (nSPS) is 9.93. The highest BCUT2D eigenvalue weighted by Crippen LogP contribution is 2.11. The summed E-state index contributed by atoms with van der Waals surface area (Å²) >= 11 is 5.73. The number of benzene rings is 1. The van der Waals surface area contributed by atoms with Crippen molar-refractivity contribution < 1.29 is 4.74 Å². The molecule has 0 unspecified atom stereocenters. The van der Waals surface area contributed by atoms with Crippen molar-refractivity contribution >= 4 is 11.6 Å². The molecule has 2 rings (SSSR count). The quantitative estimate of drug-likeness (QED) is 0.790. The Morgan fingerprint density at radius 1 is 1.07 bits per heavy atom. The van der Waals surface area contributed by atoms with Gasteiger partial charge in [-0.1, -0.05) is 29.8 Å². The van der Waals surface area contributed by atoms with Gasteiger partial charge in [0.15, 0.2) is 0 Å². The van der Waals surface area contributed by atoms with Gasteiger partial charge in [0.1, 0.15) is 12.4 Å². The SMILES string of the molecule is Clc1ccc(COc2ccccc2)nc1. The first kappa shape index (κ1) is 9.99. The van der Waals surface area contributed by atoms with Crippen LogP contribution in [0.4, 0.5) is 0 Å². The van der Waals surface area contributed by atoms with Crippen molar-refractivity contribution in [1.82, 2.24) is 4.98 Å². The van der Waals surface area contributed by atoms with Crippen molar-refractivity contribution in [1.29, 1.82) is 0 Å². The average Bonchev–Trinajstić information content (AvgIpc) is 2.30. The first-order valence-electron chi connectivity index (χ1n) is 4.63. The molecule has 0 saturated carbocycles. The third kappa shape index (κ3) is 2.96. The molecular weight excluding hydrogens is 210 g/mol. The Morgan fingerprint density at radius 2 is 1.87 bits per heavy atom. The van der Waals surface area contributed by atoms with Crippen LogP contribution in [0.15, 0.2) is 48.7 Å². The Balaban J connectivity index is 1.96. The zero-order valence-electron chi connectivity index (χ0n) is 8.06. The summed E-state index contributed by atoms with van der Waals surface area (Å²) in [6.45, 7) is 0.460. The Kier molecular flexibility index (Phi) is 3.20. The van der Waals surface area contributed by atoms with Gasteiger partial charge in [-0.05, 0) is 24.3 Å². The first-order chi connectivity index (χ1) is 7.34. The Labute approximate surface area is 93.5 Å². The highest BCUT2D eigenvalue weighted by molar-refractivity contribution is 6.30. The molecule has 0 spiro atoms. The van der Waals surface area contributed by atoms with E-state index in [-0.39, 0.29) is 0 Å². The fourth-order valence-corrected chi connectivity index (χ4v) is 1.28. The van der Waals surface area contributed by atoms with Gasteiger partial charge in [0.05, 0.1) is 10.7 Å². The van der Waals surface area contributed by atoms with Gasteiger partial charge in [-0.25, -0.2) is 0 Å². The fourth-order valence-electron chi connectivity index (χ4n) is 1.17. The number of rotatable bonds is 3. The van der Waals surface area contributed by atoms with E-state index < -0.39 is 0 Å². The minimum atomic E-state index is 0.460. The van der Waals surface area contributed by atoms with Crippen LogP contribution in [-0.4, -0.2) is 4.98 Å². The van der Waals surface area contributed by atoms with Crippen LogP contribution in [0, 0.1) is 0 Å². The molecule has 15 heavy (non-hydrogen) atoms. The van der Waals surface area contributed by atoms with E-state index in [1.54, 1.807) is 12.3 Å². The molecule has 0 amide bonds. The molecule has 0 N–H and O–H groups in total. The van der Waals surface area contributed by atoms with Crippen molar-refractivity contribution in [2.45, 2.75) is 6.61 Å². The van der Waals surface area contributed by atoms with Crippen LogP contribution >= 0.6 is 11.6 Å². The number of hydrogen-bond acceptors (Lipinski definition) is 2. The molecule has 2 aromatic rings. The molecule has 0 aliphatic carbocycles. The van der Waals surface area contributed by atoms with Crippen LogP contribution in [-0.2, 0) is 6.61 Å². The molecule has 1 aromatic carbocycles. The van der Waals surface area contributed by atoms with Crippen molar-refractivity contribution in [3.05, 3.63) is 59.4 Å². The molecule has 0 aliphatic rings. The number of aromatic nitrogens is 1. The van der Waals surface area contributed by atoms with Gasteiger partial charge < -0.3 is 4.74 Å². The second-order valence-corrected chi connectivity index (χ2v) is 3.51. The number of pyridine rings is 1. The van der Waals surface area contributed by atoms with Gasteiger partial charge >= 0.3 is 0 Å². The van der Waals surface area contributed by atoms with Crippen LogP contribution in [0.25, 0.3) is 0 Å². The summed E-state index contributed by atoms with van der Waals surface area (Å²) in [7, 11) is 0. The Morgan fingerprint density at radius 3 is 2.53 bits per heavy atom. The predicted molar refractivity (Wildman–Crippen MR) is 60.0 cm³/mol. The summed E-state index contributed by atoms with van der Waals surface area (Å²) in [5.74, 6) is 0.842. The Bertz CT molecular complexity index is 413. The maximum Gasteiger partial charge on any atom is 0.130 e. The third-order valence-electron chi connectivity index (χ3n) is 1.92. The monoisotopic (exact) mass is 219 g/mol. The number of ether oxygens (including phenoxy) is 1. The lowest BCUT2D eigenvalue weighted by Gasteiger charge is -2.04. The van der Waals surface area contributed by atoms with Crippen LogP contribution in [0.1, 0.15) is 5.69 Å². The summed E-state index contributed by atoms with van der Waals surface area (Å²) in [6.07, 6.45) is 1.62. The van der Waals surface area contributed by atoms with E-state index >= 15 is 0 Å². The van der Waals surface area contributed by atoms with Crippen LogP contribution in [0.3, 0.4) is 0 Å². The lowest BCUT2D eigenvalue weighted by Crippen LogP contribution is -1.97. The number of nitrogens with zero attached hydrogens (tertiary/aromatic N) is 1. The summed E-state index contributed by atoms with van der Waals surface area (Å²) in [5, 5.41) is 0.637. The summed E-state index contributed by atoms with van der Waals surface area (Å²) in [4.78, 5) is 4.14. The number of hydrogen-bond donors (Lipinski definition) is 0. The van der Waals surface area contributed by atoms with Gasteiger partial charge in [-0.3, -0.25) is 4.98 Å². The minimum Gasteiger partial charge on any atom is -0.487 e. The Hall–Kier alpha value is -1.54. The molecule has 0 bridgehead atoms. The lowest BCUT2D eigenvalue weighted by molar-refractivity contribution is 0.301. The fraction of sp³-hybridized carbons (Fsp3) is 0.0833. The molecule has 1 aromatic heterocycles. The molecule has 1 heterocycles. The molecule has 3 heteroatoms. The molecule has 0 saturated heterocycles. The second-order valence-electron chi connectivity index (χ2n) is 3.07. The average molecular weight is 220 g/mol. The van der Waals surface area contributed by atoms with Gasteiger partial charge in [0.2, 0.25) is 0 Å². The summed E-state index contributed by atoms with van der Waals surface area (Å²) < 4.78 is 5.53. The van der Waals surface area contributed by atoms with E-state index in [4.69, 9.17) is 16.3 Å². The van der Waals surface area contributed by atoms with E-state index in [0.717, 1.165) is 11.4 Å². The second kappa shape index (κ2) is 4.80. The molecule has 0 radical (unpaired) electrons. The smallest absolute Gasteiger partial charge is 0.130 e. The molecule has 2 nitrogen and oxygen atoms in total. The van der Waals surface area contributed by atoms with Crippen LogP contribution in [0.5, 0.6) is 5.75 Å².